The second kappa shape index (κ2) is 7.96. The average molecular weight is 389 g/mol. The molecule has 1 atom stereocenters. The van der Waals surface area contributed by atoms with E-state index < -0.39 is 4.92 Å². The molecule has 3 rings (SSSR count). The standard InChI is InChI=1S/C20H21ClN2O4/c1-13(15-5-6-15)22(12-14-3-8-17(27-2)9-4-14)20(24)18-11-16(23(25)26)7-10-19(18)21/h3-4,7-11,13,15H,5-6,12H2,1-2H3. The average Bonchev–Trinajstić information content (AvgIpc) is 3.51. The van der Waals surface area contributed by atoms with Gasteiger partial charge in [-0.15, -0.1) is 0 Å². The molecule has 0 heterocycles. The van der Waals surface area contributed by atoms with Gasteiger partial charge in [0.05, 0.1) is 22.6 Å². The van der Waals surface area contributed by atoms with Crippen LogP contribution in [0, 0.1) is 16.0 Å². The molecule has 0 N–H and O–H groups in total. The second-order valence-electron chi connectivity index (χ2n) is 6.78. The van der Waals surface area contributed by atoms with Crippen LogP contribution in [0.2, 0.25) is 5.02 Å². The van der Waals surface area contributed by atoms with Gasteiger partial charge in [-0.2, -0.15) is 0 Å². The number of benzene rings is 2. The first kappa shape index (κ1) is 19.2. The SMILES string of the molecule is COc1ccc(CN(C(=O)c2cc([N+](=O)[O-])ccc2Cl)C(C)C2CC2)cc1. The minimum Gasteiger partial charge on any atom is -0.497 e. The molecule has 0 aromatic heterocycles. The summed E-state index contributed by atoms with van der Waals surface area (Å²) in [7, 11) is 1.60. The first-order valence-electron chi connectivity index (χ1n) is 8.78. The van der Waals surface area contributed by atoms with Crippen LogP contribution in [0.25, 0.3) is 0 Å². The van der Waals surface area contributed by atoms with E-state index in [0.29, 0.717) is 12.5 Å². The lowest BCUT2D eigenvalue weighted by Crippen LogP contribution is -2.39. The van der Waals surface area contributed by atoms with Crippen molar-refractivity contribution < 1.29 is 14.5 Å². The lowest BCUT2D eigenvalue weighted by atomic mass is 10.1. The predicted octanol–water partition coefficient (Wildman–Crippen LogP) is 4.70. The quantitative estimate of drug-likeness (QED) is 0.509. The third-order valence-electron chi connectivity index (χ3n) is 4.96. The minimum absolute atomic E-state index is 0.0231. The number of halogens is 1. The van der Waals surface area contributed by atoms with E-state index in [0.717, 1.165) is 24.2 Å². The maximum Gasteiger partial charge on any atom is 0.270 e. The Labute approximate surface area is 162 Å². The van der Waals surface area contributed by atoms with Crippen molar-refractivity contribution in [2.24, 2.45) is 5.92 Å². The van der Waals surface area contributed by atoms with Gasteiger partial charge < -0.3 is 9.64 Å². The summed E-state index contributed by atoms with van der Waals surface area (Å²) < 4.78 is 5.18. The molecule has 27 heavy (non-hydrogen) atoms. The van der Waals surface area contributed by atoms with E-state index in [1.54, 1.807) is 12.0 Å². The third kappa shape index (κ3) is 4.39. The molecule has 142 valence electrons. The summed E-state index contributed by atoms with van der Waals surface area (Å²) in [4.78, 5) is 25.6. The molecule has 1 unspecified atom stereocenters. The Morgan fingerprint density at radius 3 is 2.52 bits per heavy atom. The summed E-state index contributed by atoms with van der Waals surface area (Å²) in [6.45, 7) is 2.42. The Morgan fingerprint density at radius 1 is 1.30 bits per heavy atom. The summed E-state index contributed by atoms with van der Waals surface area (Å²) >= 11 is 6.20. The molecule has 1 aliphatic carbocycles. The van der Waals surface area contributed by atoms with Crippen molar-refractivity contribution in [1.82, 2.24) is 4.90 Å². The summed E-state index contributed by atoms with van der Waals surface area (Å²) in [6, 6.07) is 11.5. The van der Waals surface area contributed by atoms with Gasteiger partial charge in [-0.1, -0.05) is 23.7 Å². The molecular formula is C20H21ClN2O4. The number of hydrogen-bond donors (Lipinski definition) is 0. The van der Waals surface area contributed by atoms with Crippen LogP contribution in [0.4, 0.5) is 5.69 Å². The number of hydrogen-bond acceptors (Lipinski definition) is 4. The molecule has 2 aromatic carbocycles. The number of methoxy groups -OCH3 is 1. The molecule has 0 radical (unpaired) electrons. The van der Waals surface area contributed by atoms with Crippen LogP contribution in [0.3, 0.4) is 0 Å². The Balaban J connectivity index is 1.91. The van der Waals surface area contributed by atoms with Gasteiger partial charge in [0.25, 0.3) is 11.6 Å². The number of rotatable bonds is 7. The minimum atomic E-state index is -0.523. The third-order valence-corrected chi connectivity index (χ3v) is 5.29. The van der Waals surface area contributed by atoms with E-state index in [2.05, 4.69) is 0 Å². The van der Waals surface area contributed by atoms with Crippen molar-refractivity contribution in [2.75, 3.05) is 7.11 Å². The van der Waals surface area contributed by atoms with Crippen LogP contribution in [0.15, 0.2) is 42.5 Å². The topological polar surface area (TPSA) is 72.7 Å². The van der Waals surface area contributed by atoms with E-state index in [1.807, 2.05) is 31.2 Å². The van der Waals surface area contributed by atoms with E-state index in [9.17, 15) is 14.9 Å². The van der Waals surface area contributed by atoms with E-state index in [-0.39, 0.29) is 28.2 Å². The van der Waals surface area contributed by atoms with Gasteiger partial charge in [-0.25, -0.2) is 0 Å². The highest BCUT2D eigenvalue weighted by atomic mass is 35.5. The number of nitrogens with zero attached hydrogens (tertiary/aromatic N) is 2. The van der Waals surface area contributed by atoms with Crippen molar-refractivity contribution in [3.05, 3.63) is 68.7 Å². The number of amides is 1. The number of carbonyl (C=O) groups excluding carboxylic acids is 1. The smallest absolute Gasteiger partial charge is 0.270 e. The lowest BCUT2D eigenvalue weighted by Gasteiger charge is -2.30. The number of non-ortho nitro benzene ring substituents is 1. The van der Waals surface area contributed by atoms with Gasteiger partial charge in [-0.3, -0.25) is 14.9 Å². The van der Waals surface area contributed by atoms with Crippen molar-refractivity contribution >= 4 is 23.2 Å². The maximum atomic E-state index is 13.2. The molecular weight excluding hydrogens is 368 g/mol. The number of ether oxygens (including phenoxy) is 1. The molecule has 2 aromatic rings. The molecule has 0 aliphatic heterocycles. The van der Waals surface area contributed by atoms with Gasteiger partial charge in [-0.05, 0) is 49.4 Å². The van der Waals surface area contributed by atoms with Crippen LogP contribution in [0.5, 0.6) is 5.75 Å². The highest BCUT2D eigenvalue weighted by Crippen LogP contribution is 2.37. The molecule has 1 saturated carbocycles. The lowest BCUT2D eigenvalue weighted by molar-refractivity contribution is -0.384. The Bertz CT molecular complexity index is 850. The maximum absolute atomic E-state index is 13.2. The largest absolute Gasteiger partial charge is 0.497 e. The van der Waals surface area contributed by atoms with Crippen LogP contribution < -0.4 is 4.74 Å². The zero-order valence-corrected chi connectivity index (χ0v) is 16.0. The normalized spacial score (nSPS) is 14.5. The van der Waals surface area contributed by atoms with Crippen LogP contribution in [-0.4, -0.2) is 28.9 Å². The summed E-state index contributed by atoms with van der Waals surface area (Å²) in [6.07, 6.45) is 2.16. The monoisotopic (exact) mass is 388 g/mol. The van der Waals surface area contributed by atoms with Gasteiger partial charge in [0.2, 0.25) is 0 Å². The van der Waals surface area contributed by atoms with E-state index in [1.165, 1.54) is 18.2 Å². The molecule has 0 saturated heterocycles. The first-order valence-corrected chi connectivity index (χ1v) is 9.16. The fraction of sp³-hybridized carbons (Fsp3) is 0.350. The molecule has 6 nitrogen and oxygen atoms in total. The molecule has 1 amide bonds. The summed E-state index contributed by atoms with van der Waals surface area (Å²) in [5.41, 5.74) is 0.969. The number of carbonyl (C=O) groups is 1. The number of nitro benzene ring substituents is 1. The van der Waals surface area contributed by atoms with Crippen LogP contribution >= 0.6 is 11.6 Å². The van der Waals surface area contributed by atoms with Crippen molar-refractivity contribution in [2.45, 2.75) is 32.4 Å². The molecule has 0 bridgehead atoms. The number of nitro groups is 1. The Morgan fingerprint density at radius 2 is 1.96 bits per heavy atom. The Hall–Kier alpha value is -2.60. The van der Waals surface area contributed by atoms with Gasteiger partial charge >= 0.3 is 0 Å². The van der Waals surface area contributed by atoms with Crippen LogP contribution in [-0.2, 0) is 6.54 Å². The summed E-state index contributed by atoms with van der Waals surface area (Å²) in [5, 5.41) is 11.3. The van der Waals surface area contributed by atoms with E-state index >= 15 is 0 Å². The molecule has 1 aliphatic rings. The fourth-order valence-corrected chi connectivity index (χ4v) is 3.31. The molecule has 1 fully saturated rings. The molecule has 0 spiro atoms. The second-order valence-corrected chi connectivity index (χ2v) is 7.19. The highest BCUT2D eigenvalue weighted by Gasteiger charge is 2.35. The highest BCUT2D eigenvalue weighted by molar-refractivity contribution is 6.33. The van der Waals surface area contributed by atoms with Gasteiger partial charge in [0.1, 0.15) is 5.75 Å². The zero-order valence-electron chi connectivity index (χ0n) is 15.2. The van der Waals surface area contributed by atoms with Gasteiger partial charge in [0, 0.05) is 24.7 Å². The van der Waals surface area contributed by atoms with Crippen molar-refractivity contribution in [1.29, 1.82) is 0 Å². The van der Waals surface area contributed by atoms with Crippen molar-refractivity contribution in [3.63, 3.8) is 0 Å². The van der Waals surface area contributed by atoms with Crippen molar-refractivity contribution in [3.8, 4) is 5.75 Å². The molecule has 7 heteroatoms. The predicted molar refractivity (Wildman–Crippen MR) is 103 cm³/mol. The summed E-state index contributed by atoms with van der Waals surface area (Å²) in [5.74, 6) is 0.900. The van der Waals surface area contributed by atoms with E-state index in [4.69, 9.17) is 16.3 Å². The van der Waals surface area contributed by atoms with Gasteiger partial charge in [0.15, 0.2) is 0 Å². The zero-order chi connectivity index (χ0) is 19.6. The van der Waals surface area contributed by atoms with Crippen LogP contribution in [0.1, 0.15) is 35.7 Å². The fourth-order valence-electron chi connectivity index (χ4n) is 3.11. The Kier molecular flexibility index (Phi) is 5.65. The first-order chi connectivity index (χ1) is 12.9.